The Morgan fingerprint density at radius 3 is 1.00 bits per heavy atom. The number of nitrogens with zero attached hydrogens (tertiary/aromatic N) is 4. The molecule has 0 spiro atoms. The molecule has 0 N–H and O–H groups in total. The highest BCUT2D eigenvalue weighted by Crippen LogP contribution is 2.53. The van der Waals surface area contributed by atoms with E-state index in [9.17, 15) is 0 Å². The average molecular weight is 1480 g/mol. The van der Waals surface area contributed by atoms with Crippen molar-refractivity contribution in [2.24, 2.45) is 0 Å². The molecule has 20 aromatic rings. The maximum Gasteiger partial charge on any atom is 0.0794 e. The number of pyridine rings is 4. The monoisotopic (exact) mass is 1480 g/mol. The van der Waals surface area contributed by atoms with Crippen molar-refractivity contribution in [3.63, 3.8) is 0 Å². The molecule has 0 radical (unpaired) electrons. The highest BCUT2D eigenvalue weighted by molar-refractivity contribution is 6.18. The van der Waals surface area contributed by atoms with E-state index in [1.807, 2.05) is 12.1 Å². The van der Waals surface area contributed by atoms with Crippen LogP contribution in [0.15, 0.2) is 400 Å². The summed E-state index contributed by atoms with van der Waals surface area (Å²) in [7, 11) is 0. The van der Waals surface area contributed by atoms with Gasteiger partial charge in [-0.1, -0.05) is 367 Å². The molecule has 16 aromatic carbocycles. The summed E-state index contributed by atoms with van der Waals surface area (Å²) in [4.78, 5) is 21.2. The lowest BCUT2D eigenvalue weighted by Crippen LogP contribution is -2.15. The summed E-state index contributed by atoms with van der Waals surface area (Å²) in [5.41, 5.74) is 38.0. The van der Waals surface area contributed by atoms with Crippen molar-refractivity contribution in [2.75, 3.05) is 0 Å². The Labute approximate surface area is 676 Å². The Morgan fingerprint density at radius 1 is 0.164 bits per heavy atom. The smallest absolute Gasteiger partial charge is 0.0794 e. The number of hydrogen-bond acceptors (Lipinski definition) is 4. The van der Waals surface area contributed by atoms with Gasteiger partial charge in [-0.05, 0) is 183 Å². The topological polar surface area (TPSA) is 51.6 Å². The van der Waals surface area contributed by atoms with E-state index in [1.54, 1.807) is 0 Å². The Kier molecular flexibility index (Phi) is 16.9. The van der Waals surface area contributed by atoms with Gasteiger partial charge in [-0.25, -0.2) is 19.9 Å². The molecule has 0 bridgehead atoms. The van der Waals surface area contributed by atoms with Crippen molar-refractivity contribution in [3.8, 4) is 145 Å². The summed E-state index contributed by atoms with van der Waals surface area (Å²) in [5, 5.41) is 8.06. The van der Waals surface area contributed by atoms with Crippen molar-refractivity contribution in [3.05, 3.63) is 423 Å². The van der Waals surface area contributed by atoms with E-state index in [1.165, 1.54) is 99.8 Å². The predicted octanol–water partition coefficient (Wildman–Crippen LogP) is 29.7. The lowest BCUT2D eigenvalue weighted by atomic mass is 9.81. The van der Waals surface area contributed by atoms with Gasteiger partial charge in [0.2, 0.25) is 0 Å². The molecule has 0 saturated carbocycles. The van der Waals surface area contributed by atoms with Crippen molar-refractivity contribution in [2.45, 2.75) is 38.5 Å². The Bertz CT molecular complexity index is 7200. The maximum absolute atomic E-state index is 5.62. The molecule has 546 valence electrons. The fraction of sp³-hybridized carbons (Fsp3) is 0.0536. The third kappa shape index (κ3) is 12.2. The van der Waals surface area contributed by atoms with Crippen molar-refractivity contribution in [1.29, 1.82) is 0 Å². The number of para-hydroxylation sites is 1. The van der Waals surface area contributed by atoms with Crippen molar-refractivity contribution in [1.82, 2.24) is 19.9 Å². The van der Waals surface area contributed by atoms with E-state index in [0.29, 0.717) is 0 Å². The van der Waals surface area contributed by atoms with Gasteiger partial charge in [0.05, 0.1) is 45.0 Å². The number of hydrogen-bond donors (Lipinski definition) is 0. The van der Waals surface area contributed by atoms with Gasteiger partial charge in [0.1, 0.15) is 0 Å². The molecule has 4 heterocycles. The van der Waals surface area contributed by atoms with Gasteiger partial charge in [-0.2, -0.15) is 0 Å². The summed E-state index contributed by atoms with van der Waals surface area (Å²) in [6, 6.07) is 144. The van der Waals surface area contributed by atoms with E-state index < -0.39 is 0 Å². The molecule has 0 atom stereocenters. The normalized spacial score (nSPS) is 12.8. The van der Waals surface area contributed by atoms with Gasteiger partial charge in [0, 0.05) is 65.6 Å². The Balaban J connectivity index is 0.000000145. The van der Waals surface area contributed by atoms with Crippen LogP contribution in [0, 0.1) is 0 Å². The van der Waals surface area contributed by atoms with Crippen LogP contribution in [0.1, 0.15) is 49.9 Å². The van der Waals surface area contributed by atoms with E-state index in [2.05, 4.69) is 416 Å². The summed E-state index contributed by atoms with van der Waals surface area (Å²) in [5.74, 6) is 0. The molecule has 2 aliphatic rings. The van der Waals surface area contributed by atoms with Gasteiger partial charge >= 0.3 is 0 Å². The van der Waals surface area contributed by atoms with Crippen LogP contribution in [0.4, 0.5) is 0 Å². The molecule has 0 unspecified atom stereocenters. The highest BCUT2D eigenvalue weighted by atomic mass is 14.7. The first-order valence-corrected chi connectivity index (χ1v) is 40.1. The lowest BCUT2D eigenvalue weighted by molar-refractivity contribution is 0.660. The molecule has 4 aromatic heterocycles. The van der Waals surface area contributed by atoms with Gasteiger partial charge in [-0.3, -0.25) is 0 Å². The molecule has 0 saturated heterocycles. The Hall–Kier alpha value is -14.6. The molecule has 2 aliphatic carbocycles. The first-order chi connectivity index (χ1) is 57.0. The minimum absolute atomic E-state index is 0.107. The number of rotatable bonds is 11. The van der Waals surface area contributed by atoms with Crippen molar-refractivity contribution < 1.29 is 0 Å². The van der Waals surface area contributed by atoms with Crippen LogP contribution in [-0.2, 0) is 10.8 Å². The van der Waals surface area contributed by atoms with Crippen LogP contribution in [0.25, 0.3) is 200 Å². The first kappa shape index (κ1) is 69.4. The van der Waals surface area contributed by atoms with Gasteiger partial charge in [0.15, 0.2) is 0 Å². The van der Waals surface area contributed by atoms with Gasteiger partial charge in [0.25, 0.3) is 0 Å². The summed E-state index contributed by atoms with van der Waals surface area (Å²) in [6.07, 6.45) is 0. The summed E-state index contributed by atoms with van der Waals surface area (Å²) >= 11 is 0. The van der Waals surface area contributed by atoms with Crippen LogP contribution in [0.5, 0.6) is 0 Å². The van der Waals surface area contributed by atoms with E-state index in [-0.39, 0.29) is 10.8 Å². The van der Waals surface area contributed by atoms with Crippen LogP contribution in [0.2, 0.25) is 0 Å². The SMILES string of the molecule is CC1(C)c2ccccc2-c2ccc(-c3cc(-c4ccc5c(c4)C(C)(C)c4ccccc4-5)c4cc(-c5ccc(-c6ccc7ccccc7n6)cc5)c5ccccc5c4n3)cc21.c1ccc(-c2ccc(-c3cc(-c4ccccc4)nc4c3cc(-c3ccc(-c5cc(-c6ccccc6)cc(-c6ccccc6)n5)cc3)c3ccccc34)cc2)cc1. The molecular formula is C112H78N4. The Morgan fingerprint density at radius 2 is 0.491 bits per heavy atom. The third-order valence-corrected chi connectivity index (χ3v) is 24.4. The molecular weight excluding hydrogens is 1400 g/mol. The van der Waals surface area contributed by atoms with Crippen molar-refractivity contribution >= 4 is 54.3 Å². The van der Waals surface area contributed by atoms with Crippen LogP contribution in [0.3, 0.4) is 0 Å². The second kappa shape index (κ2) is 28.3. The van der Waals surface area contributed by atoms with Gasteiger partial charge in [-0.15, -0.1) is 0 Å². The molecule has 116 heavy (non-hydrogen) atoms. The fourth-order valence-corrected chi connectivity index (χ4v) is 18.3. The summed E-state index contributed by atoms with van der Waals surface area (Å²) in [6.45, 7) is 9.44. The van der Waals surface area contributed by atoms with E-state index >= 15 is 0 Å². The number of benzene rings is 16. The zero-order valence-electron chi connectivity index (χ0n) is 64.9. The molecule has 0 fully saturated rings. The zero-order chi connectivity index (χ0) is 77.6. The molecule has 22 rings (SSSR count). The summed E-state index contributed by atoms with van der Waals surface area (Å²) < 4.78 is 0. The zero-order valence-corrected chi connectivity index (χ0v) is 64.9. The first-order valence-electron chi connectivity index (χ1n) is 40.1. The van der Waals surface area contributed by atoms with Gasteiger partial charge < -0.3 is 0 Å². The quantitative estimate of drug-likeness (QED) is 0.121. The molecule has 0 aliphatic heterocycles. The lowest BCUT2D eigenvalue weighted by Gasteiger charge is -2.23. The van der Waals surface area contributed by atoms with E-state index in [0.717, 1.165) is 122 Å². The largest absolute Gasteiger partial charge is 0.248 e. The number of fused-ring (bicyclic) bond motifs is 13. The predicted molar refractivity (Wildman–Crippen MR) is 487 cm³/mol. The second-order valence-electron chi connectivity index (χ2n) is 31.9. The number of aromatic nitrogens is 4. The van der Waals surface area contributed by atoms with Crippen LogP contribution in [-0.4, -0.2) is 19.9 Å². The fourth-order valence-electron chi connectivity index (χ4n) is 18.3. The standard InChI is InChI=1S/C58H42N2.C54H36N2/c1-57(2)49-18-10-8-15-41(49)43-28-25-38(31-51(43)57)47-34-55(39-26-29-44-42-16-9-11-19-50(42)58(3,4)52(44)32-39)60-56-45-17-7-6-14-40(45)46(33-48(47)56)35-21-23-37(24-22-35)54-30-27-36-13-5-12-20-53(36)59-54;1-5-15-37(16-6-1)39-25-27-41(28-26-39)49-36-53(43-21-11-4-12-22-43)56-54-47-24-14-13-23-46(47)48(35-50(49)54)40-29-31-44(32-30-40)52-34-45(38-17-7-2-8-18-38)33-51(55-52)42-19-9-3-10-20-42/h5-34H,1-4H3;1-36H. The van der Waals surface area contributed by atoms with Crippen LogP contribution < -0.4 is 0 Å². The molecule has 4 heteroatoms. The third-order valence-electron chi connectivity index (χ3n) is 24.4. The second-order valence-corrected chi connectivity index (χ2v) is 31.9. The highest BCUT2D eigenvalue weighted by Gasteiger charge is 2.37. The van der Waals surface area contributed by atoms with Crippen LogP contribution >= 0.6 is 0 Å². The minimum Gasteiger partial charge on any atom is -0.248 e. The maximum atomic E-state index is 5.62. The average Bonchev–Trinajstić information content (AvgIpc) is 1.68. The van der Waals surface area contributed by atoms with E-state index in [4.69, 9.17) is 19.9 Å². The molecule has 4 nitrogen and oxygen atoms in total. The minimum atomic E-state index is -0.117. The molecule has 0 amide bonds.